The van der Waals surface area contributed by atoms with Gasteiger partial charge in [-0.3, -0.25) is 4.79 Å². The summed E-state index contributed by atoms with van der Waals surface area (Å²) in [5.74, 6) is -1.31. The van der Waals surface area contributed by atoms with Crippen molar-refractivity contribution < 1.29 is 14.7 Å². The van der Waals surface area contributed by atoms with Gasteiger partial charge in [-0.05, 0) is 37.3 Å². The van der Waals surface area contributed by atoms with Gasteiger partial charge in [-0.15, -0.1) is 11.3 Å². The minimum Gasteiger partial charge on any atom is -0.478 e. The van der Waals surface area contributed by atoms with Gasteiger partial charge in [-0.2, -0.15) is 0 Å². The maximum atomic E-state index is 11.9. The van der Waals surface area contributed by atoms with Crippen LogP contribution in [0.15, 0.2) is 36.4 Å². The van der Waals surface area contributed by atoms with Gasteiger partial charge >= 0.3 is 5.97 Å². The number of hydrogen-bond acceptors (Lipinski definition) is 3. The Bertz CT molecular complexity index is 619. The molecule has 0 spiro atoms. The van der Waals surface area contributed by atoms with Crippen molar-refractivity contribution in [3.05, 3.63) is 57.3 Å². The Morgan fingerprint density at radius 2 is 1.95 bits per heavy atom. The lowest BCUT2D eigenvalue weighted by Gasteiger charge is -2.04. The molecule has 1 amide bonds. The zero-order valence-corrected chi connectivity index (χ0v) is 11.2. The number of carbonyl (C=O) groups is 2. The summed E-state index contributed by atoms with van der Waals surface area (Å²) in [7, 11) is 0. The molecule has 0 radical (unpaired) electrons. The summed E-state index contributed by atoms with van der Waals surface area (Å²) in [5.41, 5.74) is 0.466. The standard InChI is InChI=1S/C14H13NO3S/c1-9-5-6-12(19-9)8-15-13(16)10-3-2-4-11(7-10)14(17)18/h2-7H,8H2,1H3,(H,15,16)(H,17,18). The number of carbonyl (C=O) groups excluding carboxylic acids is 1. The summed E-state index contributed by atoms with van der Waals surface area (Å²) in [4.78, 5) is 25.0. The molecule has 0 aliphatic rings. The van der Waals surface area contributed by atoms with Gasteiger partial charge in [0.2, 0.25) is 0 Å². The van der Waals surface area contributed by atoms with E-state index in [-0.39, 0.29) is 11.5 Å². The van der Waals surface area contributed by atoms with Crippen LogP contribution in [0.25, 0.3) is 0 Å². The van der Waals surface area contributed by atoms with Crippen LogP contribution in [-0.2, 0) is 6.54 Å². The molecular formula is C14H13NO3S. The van der Waals surface area contributed by atoms with E-state index in [2.05, 4.69) is 5.32 Å². The molecule has 0 atom stereocenters. The number of amides is 1. The average Bonchev–Trinajstić information content (AvgIpc) is 2.82. The fourth-order valence-electron chi connectivity index (χ4n) is 1.64. The fourth-order valence-corrected chi connectivity index (χ4v) is 2.47. The second-order valence-electron chi connectivity index (χ2n) is 4.08. The molecule has 1 aromatic heterocycles. The third-order valence-electron chi connectivity index (χ3n) is 2.59. The Morgan fingerprint density at radius 3 is 2.58 bits per heavy atom. The summed E-state index contributed by atoms with van der Waals surface area (Å²) < 4.78 is 0. The summed E-state index contributed by atoms with van der Waals surface area (Å²) >= 11 is 1.62. The zero-order chi connectivity index (χ0) is 13.8. The number of aromatic carboxylic acids is 1. The third kappa shape index (κ3) is 3.42. The quantitative estimate of drug-likeness (QED) is 0.901. The molecule has 0 aliphatic heterocycles. The van der Waals surface area contributed by atoms with Crippen molar-refractivity contribution in [3.8, 4) is 0 Å². The van der Waals surface area contributed by atoms with Crippen molar-refractivity contribution in [2.75, 3.05) is 0 Å². The molecule has 4 nitrogen and oxygen atoms in total. The average molecular weight is 275 g/mol. The van der Waals surface area contributed by atoms with E-state index < -0.39 is 5.97 Å². The van der Waals surface area contributed by atoms with Crippen molar-refractivity contribution in [2.45, 2.75) is 13.5 Å². The van der Waals surface area contributed by atoms with Crippen molar-refractivity contribution in [1.82, 2.24) is 5.32 Å². The van der Waals surface area contributed by atoms with Crippen molar-refractivity contribution in [3.63, 3.8) is 0 Å². The number of benzene rings is 1. The SMILES string of the molecule is Cc1ccc(CNC(=O)c2cccc(C(=O)O)c2)s1. The zero-order valence-electron chi connectivity index (χ0n) is 10.3. The number of thiophene rings is 1. The van der Waals surface area contributed by atoms with E-state index in [9.17, 15) is 9.59 Å². The second-order valence-corrected chi connectivity index (χ2v) is 5.45. The van der Waals surface area contributed by atoms with Gasteiger partial charge in [0, 0.05) is 15.3 Å². The molecule has 5 heteroatoms. The van der Waals surface area contributed by atoms with Gasteiger partial charge in [0.15, 0.2) is 0 Å². The van der Waals surface area contributed by atoms with E-state index in [0.717, 1.165) is 4.88 Å². The summed E-state index contributed by atoms with van der Waals surface area (Å²) in [6.45, 7) is 2.46. The predicted octanol–water partition coefficient (Wildman–Crippen LogP) is 2.68. The Balaban J connectivity index is 2.03. The highest BCUT2D eigenvalue weighted by molar-refractivity contribution is 7.11. The first kappa shape index (κ1) is 13.3. The normalized spacial score (nSPS) is 10.2. The molecular weight excluding hydrogens is 262 g/mol. The number of nitrogens with one attached hydrogen (secondary N) is 1. The number of rotatable bonds is 4. The Morgan fingerprint density at radius 1 is 1.21 bits per heavy atom. The van der Waals surface area contributed by atoms with Gasteiger partial charge in [-0.25, -0.2) is 4.79 Å². The number of carboxylic acid groups (broad SMARTS) is 1. The summed E-state index contributed by atoms with van der Waals surface area (Å²) in [5, 5.41) is 11.6. The van der Waals surface area contributed by atoms with Crippen LogP contribution in [0, 0.1) is 6.92 Å². The van der Waals surface area contributed by atoms with Gasteiger partial charge in [-0.1, -0.05) is 6.07 Å². The summed E-state index contributed by atoms with van der Waals surface area (Å²) in [6.07, 6.45) is 0. The van der Waals surface area contributed by atoms with Crippen molar-refractivity contribution in [1.29, 1.82) is 0 Å². The van der Waals surface area contributed by atoms with E-state index in [4.69, 9.17) is 5.11 Å². The lowest BCUT2D eigenvalue weighted by atomic mass is 10.1. The molecule has 2 rings (SSSR count). The van der Waals surface area contributed by atoms with Crippen molar-refractivity contribution in [2.24, 2.45) is 0 Å². The first-order chi connectivity index (χ1) is 9.06. The number of hydrogen-bond donors (Lipinski definition) is 2. The largest absolute Gasteiger partial charge is 0.478 e. The molecule has 2 aromatic rings. The number of aryl methyl sites for hydroxylation is 1. The third-order valence-corrected chi connectivity index (χ3v) is 3.59. The minimum atomic E-state index is -1.04. The minimum absolute atomic E-state index is 0.111. The van der Waals surface area contributed by atoms with Crippen LogP contribution in [0.5, 0.6) is 0 Å². The van der Waals surface area contributed by atoms with E-state index in [0.29, 0.717) is 12.1 Å². The molecule has 0 bridgehead atoms. The van der Waals surface area contributed by atoms with Crippen LogP contribution in [0.3, 0.4) is 0 Å². The Hall–Kier alpha value is -2.14. The molecule has 19 heavy (non-hydrogen) atoms. The predicted molar refractivity (Wildman–Crippen MR) is 73.6 cm³/mol. The second kappa shape index (κ2) is 5.67. The lowest BCUT2D eigenvalue weighted by Crippen LogP contribution is -2.22. The van der Waals surface area contributed by atoms with E-state index >= 15 is 0 Å². The van der Waals surface area contributed by atoms with Gasteiger partial charge in [0.25, 0.3) is 5.91 Å². The van der Waals surface area contributed by atoms with Gasteiger partial charge in [0.05, 0.1) is 12.1 Å². The highest BCUT2D eigenvalue weighted by Gasteiger charge is 2.09. The van der Waals surface area contributed by atoms with E-state index in [1.807, 2.05) is 19.1 Å². The topological polar surface area (TPSA) is 66.4 Å². The number of carboxylic acids is 1. The van der Waals surface area contributed by atoms with Gasteiger partial charge < -0.3 is 10.4 Å². The first-order valence-electron chi connectivity index (χ1n) is 5.73. The molecule has 0 fully saturated rings. The molecule has 98 valence electrons. The van der Waals surface area contributed by atoms with Gasteiger partial charge in [0.1, 0.15) is 0 Å². The Labute approximate surface area is 114 Å². The van der Waals surface area contributed by atoms with Crippen LogP contribution < -0.4 is 5.32 Å². The highest BCUT2D eigenvalue weighted by atomic mass is 32.1. The molecule has 0 saturated carbocycles. The van der Waals surface area contributed by atoms with Crippen LogP contribution >= 0.6 is 11.3 Å². The molecule has 0 saturated heterocycles. The van der Waals surface area contributed by atoms with Crippen LogP contribution in [0.2, 0.25) is 0 Å². The smallest absolute Gasteiger partial charge is 0.335 e. The molecule has 1 aromatic carbocycles. The summed E-state index contributed by atoms with van der Waals surface area (Å²) in [6, 6.07) is 9.96. The monoisotopic (exact) mass is 275 g/mol. The maximum Gasteiger partial charge on any atom is 0.335 e. The van der Waals surface area contributed by atoms with Crippen LogP contribution in [0.1, 0.15) is 30.5 Å². The molecule has 0 unspecified atom stereocenters. The fraction of sp³-hybridized carbons (Fsp3) is 0.143. The first-order valence-corrected chi connectivity index (χ1v) is 6.55. The highest BCUT2D eigenvalue weighted by Crippen LogP contribution is 2.14. The van der Waals surface area contributed by atoms with Crippen LogP contribution in [0.4, 0.5) is 0 Å². The molecule has 1 heterocycles. The lowest BCUT2D eigenvalue weighted by molar-refractivity contribution is 0.0697. The Kier molecular flexibility index (Phi) is 3.97. The maximum absolute atomic E-state index is 11.9. The van der Waals surface area contributed by atoms with E-state index in [1.54, 1.807) is 23.5 Å². The molecule has 0 aliphatic carbocycles. The molecule has 2 N–H and O–H groups in total. The van der Waals surface area contributed by atoms with Crippen LogP contribution in [-0.4, -0.2) is 17.0 Å². The van der Waals surface area contributed by atoms with Crippen molar-refractivity contribution >= 4 is 23.2 Å². The van der Waals surface area contributed by atoms with E-state index in [1.165, 1.54) is 17.0 Å².